The fraction of sp³-hybridized carbons (Fsp3) is 0.412. The predicted molar refractivity (Wildman–Crippen MR) is 82.3 cm³/mol. The van der Waals surface area contributed by atoms with Gasteiger partial charge >= 0.3 is 0 Å². The van der Waals surface area contributed by atoms with E-state index in [4.69, 9.17) is 0 Å². The highest BCUT2D eigenvalue weighted by Crippen LogP contribution is 2.29. The average Bonchev–Trinajstić information content (AvgIpc) is 2.97. The fourth-order valence-electron chi connectivity index (χ4n) is 2.83. The highest BCUT2D eigenvalue weighted by atomic mass is 15.3. The summed E-state index contributed by atoms with van der Waals surface area (Å²) in [7, 11) is 0. The van der Waals surface area contributed by atoms with E-state index in [9.17, 15) is 0 Å². The van der Waals surface area contributed by atoms with Gasteiger partial charge in [0.15, 0.2) is 0 Å². The van der Waals surface area contributed by atoms with E-state index in [2.05, 4.69) is 53.7 Å². The smallest absolute Gasteiger partial charge is 0.0659 e. The standard InChI is InChI=1S/C17H21N3/c1-14(16-8-5-9-18-10-16)17-11-19-20(13-17)12-15-6-3-2-4-7-15/h2-4,6-7,9,11,13-14,16H,5,8,10,12H2,1H3. The lowest BCUT2D eigenvalue weighted by molar-refractivity contribution is 0.423. The molecule has 1 aromatic heterocycles. The number of rotatable bonds is 4. The first-order chi connectivity index (χ1) is 9.83. The fourth-order valence-corrected chi connectivity index (χ4v) is 2.83. The summed E-state index contributed by atoms with van der Waals surface area (Å²) in [6.07, 6.45) is 8.63. The Morgan fingerprint density at radius 1 is 1.30 bits per heavy atom. The number of aromatic nitrogens is 2. The van der Waals surface area contributed by atoms with Crippen molar-refractivity contribution in [3.05, 3.63) is 53.9 Å². The van der Waals surface area contributed by atoms with Crippen LogP contribution in [0.3, 0.4) is 0 Å². The molecule has 0 fully saturated rings. The van der Waals surface area contributed by atoms with Crippen LogP contribution in [0, 0.1) is 5.92 Å². The van der Waals surface area contributed by atoms with Crippen molar-refractivity contribution in [2.24, 2.45) is 10.9 Å². The molecule has 0 N–H and O–H groups in total. The lowest BCUT2D eigenvalue weighted by atomic mass is 9.85. The molecule has 0 saturated carbocycles. The molecule has 2 heterocycles. The predicted octanol–water partition coefficient (Wildman–Crippen LogP) is 3.52. The van der Waals surface area contributed by atoms with Crippen molar-refractivity contribution in [2.75, 3.05) is 6.54 Å². The Balaban J connectivity index is 1.68. The van der Waals surface area contributed by atoms with E-state index in [0.29, 0.717) is 11.8 Å². The van der Waals surface area contributed by atoms with Crippen LogP contribution in [0.5, 0.6) is 0 Å². The zero-order valence-corrected chi connectivity index (χ0v) is 11.9. The number of hydrogen-bond donors (Lipinski definition) is 0. The van der Waals surface area contributed by atoms with Crippen molar-refractivity contribution in [3.63, 3.8) is 0 Å². The van der Waals surface area contributed by atoms with Gasteiger partial charge in [0.05, 0.1) is 12.7 Å². The minimum absolute atomic E-state index is 0.539. The maximum absolute atomic E-state index is 4.51. The lowest BCUT2D eigenvalue weighted by Crippen LogP contribution is -2.16. The summed E-state index contributed by atoms with van der Waals surface area (Å²) in [6, 6.07) is 10.5. The molecule has 2 unspecified atom stereocenters. The van der Waals surface area contributed by atoms with E-state index in [1.54, 1.807) is 0 Å². The van der Waals surface area contributed by atoms with Crippen LogP contribution in [0.2, 0.25) is 0 Å². The van der Waals surface area contributed by atoms with E-state index in [1.165, 1.54) is 17.5 Å². The molecule has 20 heavy (non-hydrogen) atoms. The second-order valence-electron chi connectivity index (χ2n) is 5.63. The van der Waals surface area contributed by atoms with Gasteiger partial charge in [-0.2, -0.15) is 5.10 Å². The Hall–Kier alpha value is -1.90. The summed E-state index contributed by atoms with van der Waals surface area (Å²) in [6.45, 7) is 4.11. The van der Waals surface area contributed by atoms with Crippen molar-refractivity contribution >= 4 is 6.21 Å². The topological polar surface area (TPSA) is 30.2 Å². The maximum Gasteiger partial charge on any atom is 0.0659 e. The van der Waals surface area contributed by atoms with Crippen molar-refractivity contribution in [1.82, 2.24) is 9.78 Å². The summed E-state index contributed by atoms with van der Waals surface area (Å²) < 4.78 is 2.03. The minimum Gasteiger partial charge on any atom is -0.297 e. The first-order valence-corrected chi connectivity index (χ1v) is 7.37. The molecule has 0 saturated heterocycles. The average molecular weight is 267 g/mol. The number of benzene rings is 1. The Morgan fingerprint density at radius 3 is 2.90 bits per heavy atom. The van der Waals surface area contributed by atoms with Crippen LogP contribution in [0.1, 0.15) is 36.8 Å². The van der Waals surface area contributed by atoms with Crippen LogP contribution in [0.4, 0.5) is 0 Å². The molecule has 2 aromatic rings. The van der Waals surface area contributed by atoms with Crippen LogP contribution >= 0.6 is 0 Å². The molecule has 1 aromatic carbocycles. The van der Waals surface area contributed by atoms with Gasteiger partial charge in [0.2, 0.25) is 0 Å². The van der Waals surface area contributed by atoms with Gasteiger partial charge in [-0.25, -0.2) is 0 Å². The van der Waals surface area contributed by atoms with Gasteiger partial charge in [-0.05, 0) is 42.0 Å². The molecule has 3 heteroatoms. The summed E-state index contributed by atoms with van der Waals surface area (Å²) in [4.78, 5) is 4.43. The van der Waals surface area contributed by atoms with Crippen LogP contribution in [0.15, 0.2) is 47.7 Å². The number of nitrogens with zero attached hydrogens (tertiary/aromatic N) is 3. The highest BCUT2D eigenvalue weighted by Gasteiger charge is 2.21. The minimum atomic E-state index is 0.539. The molecule has 0 aliphatic carbocycles. The van der Waals surface area contributed by atoms with E-state index < -0.39 is 0 Å². The second-order valence-corrected chi connectivity index (χ2v) is 5.63. The molecule has 3 nitrogen and oxygen atoms in total. The summed E-state index contributed by atoms with van der Waals surface area (Å²) in [5.41, 5.74) is 2.63. The van der Waals surface area contributed by atoms with E-state index >= 15 is 0 Å². The van der Waals surface area contributed by atoms with Gasteiger partial charge in [-0.1, -0.05) is 37.3 Å². The van der Waals surface area contributed by atoms with Crippen molar-refractivity contribution in [1.29, 1.82) is 0 Å². The molecule has 0 amide bonds. The van der Waals surface area contributed by atoms with Crippen molar-refractivity contribution < 1.29 is 0 Å². The zero-order chi connectivity index (χ0) is 13.8. The normalized spacial score (nSPS) is 19.9. The Bertz CT molecular complexity index is 571. The van der Waals surface area contributed by atoms with Gasteiger partial charge in [0.25, 0.3) is 0 Å². The van der Waals surface area contributed by atoms with E-state index in [1.807, 2.05) is 16.9 Å². The SMILES string of the molecule is CC(c1cnn(Cc2ccccc2)c1)C1CCC=NC1. The third-order valence-corrected chi connectivity index (χ3v) is 4.21. The van der Waals surface area contributed by atoms with Gasteiger partial charge < -0.3 is 0 Å². The largest absolute Gasteiger partial charge is 0.297 e. The molecule has 0 radical (unpaired) electrons. The number of aliphatic imine (C=N–C) groups is 1. The second kappa shape index (κ2) is 6.04. The third-order valence-electron chi connectivity index (χ3n) is 4.21. The zero-order valence-electron chi connectivity index (χ0n) is 11.9. The molecule has 104 valence electrons. The molecule has 3 rings (SSSR count). The molecule has 1 aliphatic heterocycles. The van der Waals surface area contributed by atoms with Crippen molar-refractivity contribution in [2.45, 2.75) is 32.2 Å². The van der Waals surface area contributed by atoms with Gasteiger partial charge in [0, 0.05) is 12.7 Å². The first-order valence-electron chi connectivity index (χ1n) is 7.37. The maximum atomic E-state index is 4.51. The Morgan fingerprint density at radius 2 is 2.15 bits per heavy atom. The Labute approximate surface area is 120 Å². The van der Waals surface area contributed by atoms with Gasteiger partial charge in [0.1, 0.15) is 0 Å². The lowest BCUT2D eigenvalue weighted by Gasteiger charge is -2.23. The summed E-state index contributed by atoms with van der Waals surface area (Å²) in [5.74, 6) is 1.20. The summed E-state index contributed by atoms with van der Waals surface area (Å²) in [5, 5.41) is 4.51. The molecule has 2 atom stereocenters. The molecule has 0 bridgehead atoms. The van der Waals surface area contributed by atoms with Crippen LogP contribution in [-0.4, -0.2) is 22.5 Å². The molecular weight excluding hydrogens is 246 g/mol. The van der Waals surface area contributed by atoms with E-state index in [-0.39, 0.29) is 0 Å². The van der Waals surface area contributed by atoms with Gasteiger partial charge in [-0.3, -0.25) is 9.67 Å². The highest BCUT2D eigenvalue weighted by molar-refractivity contribution is 5.58. The quantitative estimate of drug-likeness (QED) is 0.833. The molecule has 1 aliphatic rings. The Kier molecular flexibility index (Phi) is 3.95. The monoisotopic (exact) mass is 267 g/mol. The van der Waals surface area contributed by atoms with Crippen LogP contribution in [0.25, 0.3) is 0 Å². The molecular formula is C17H21N3. The first kappa shape index (κ1) is 13.1. The number of hydrogen-bond acceptors (Lipinski definition) is 2. The third kappa shape index (κ3) is 2.98. The van der Waals surface area contributed by atoms with Crippen LogP contribution in [-0.2, 0) is 6.54 Å². The van der Waals surface area contributed by atoms with E-state index in [0.717, 1.165) is 19.5 Å². The molecule has 0 spiro atoms. The van der Waals surface area contributed by atoms with Crippen LogP contribution < -0.4 is 0 Å². The summed E-state index contributed by atoms with van der Waals surface area (Å²) >= 11 is 0. The van der Waals surface area contributed by atoms with Gasteiger partial charge in [-0.15, -0.1) is 0 Å². The van der Waals surface area contributed by atoms with Crippen molar-refractivity contribution in [3.8, 4) is 0 Å².